The summed E-state index contributed by atoms with van der Waals surface area (Å²) in [6, 6.07) is 1.39. The van der Waals surface area contributed by atoms with E-state index in [1.54, 1.807) is 11.3 Å². The van der Waals surface area contributed by atoms with Gasteiger partial charge in [0, 0.05) is 0 Å². The van der Waals surface area contributed by atoms with Crippen molar-refractivity contribution in [1.82, 2.24) is 0 Å². The number of carbonyl (C=O) groups is 1. The molecule has 1 heterocycles. The predicted molar refractivity (Wildman–Crippen MR) is 55.7 cm³/mol. The number of carbonyl (C=O) groups excluding carboxylic acids is 1. The molecule has 0 aliphatic rings. The largest absolute Gasteiger partial charge is 0.468 e. The van der Waals surface area contributed by atoms with Crippen LogP contribution in [0.4, 0.5) is 0 Å². The predicted octanol–water partition coefficient (Wildman–Crippen LogP) is 1.55. The molecule has 0 radical (unpaired) electrons. The Morgan fingerprint density at radius 3 is 3.00 bits per heavy atom. The van der Waals surface area contributed by atoms with Crippen molar-refractivity contribution in [2.75, 3.05) is 7.11 Å². The van der Waals surface area contributed by atoms with Crippen molar-refractivity contribution in [2.45, 2.75) is 12.5 Å². The minimum atomic E-state index is -0.563. The third-order valence-electron chi connectivity index (χ3n) is 1.58. The van der Waals surface area contributed by atoms with E-state index in [2.05, 4.69) is 20.7 Å². The Bertz CT molecular complexity index is 300. The highest BCUT2D eigenvalue weighted by atomic mass is 79.9. The zero-order valence-electron chi connectivity index (χ0n) is 7.12. The summed E-state index contributed by atoms with van der Waals surface area (Å²) in [5.41, 5.74) is 6.63. The summed E-state index contributed by atoms with van der Waals surface area (Å²) in [5.74, 6) is -0.373. The van der Waals surface area contributed by atoms with Crippen molar-refractivity contribution >= 4 is 33.2 Å². The Morgan fingerprint density at radius 2 is 2.54 bits per heavy atom. The van der Waals surface area contributed by atoms with E-state index in [0.717, 1.165) is 9.35 Å². The van der Waals surface area contributed by atoms with Gasteiger partial charge in [-0.1, -0.05) is 0 Å². The average Bonchev–Trinajstić information content (AvgIpc) is 2.49. The second-order valence-corrected chi connectivity index (χ2v) is 4.88. The van der Waals surface area contributed by atoms with E-state index in [-0.39, 0.29) is 5.97 Å². The molecule has 0 aliphatic carbocycles. The third kappa shape index (κ3) is 3.10. The van der Waals surface area contributed by atoms with Gasteiger partial charge in [0.05, 0.1) is 10.9 Å². The molecule has 13 heavy (non-hydrogen) atoms. The number of rotatable bonds is 3. The fourth-order valence-corrected chi connectivity index (χ4v) is 2.16. The van der Waals surface area contributed by atoms with E-state index in [0.29, 0.717) is 6.42 Å². The van der Waals surface area contributed by atoms with Crippen molar-refractivity contribution < 1.29 is 9.53 Å². The lowest BCUT2D eigenvalue weighted by Crippen LogP contribution is -2.33. The number of nitrogens with two attached hydrogens (primary N) is 1. The number of methoxy groups -OCH3 is 1. The van der Waals surface area contributed by atoms with Crippen LogP contribution in [0.3, 0.4) is 0 Å². The molecule has 0 saturated heterocycles. The van der Waals surface area contributed by atoms with Gasteiger partial charge < -0.3 is 10.5 Å². The minimum Gasteiger partial charge on any atom is -0.468 e. The Hall–Kier alpha value is -0.390. The molecule has 0 amide bonds. The fourth-order valence-electron chi connectivity index (χ4n) is 0.941. The highest BCUT2D eigenvalue weighted by molar-refractivity contribution is 9.11. The molecule has 72 valence electrons. The van der Waals surface area contributed by atoms with E-state index < -0.39 is 6.04 Å². The van der Waals surface area contributed by atoms with Crippen molar-refractivity contribution in [3.63, 3.8) is 0 Å². The van der Waals surface area contributed by atoms with Crippen molar-refractivity contribution in [1.29, 1.82) is 0 Å². The molecule has 3 nitrogen and oxygen atoms in total. The molecule has 1 aromatic rings. The summed E-state index contributed by atoms with van der Waals surface area (Å²) in [7, 11) is 1.34. The van der Waals surface area contributed by atoms with Gasteiger partial charge in [-0.3, -0.25) is 4.79 Å². The van der Waals surface area contributed by atoms with Crippen molar-refractivity contribution in [2.24, 2.45) is 5.73 Å². The maximum absolute atomic E-state index is 11.0. The normalized spacial score (nSPS) is 12.5. The van der Waals surface area contributed by atoms with Gasteiger partial charge in [0.2, 0.25) is 0 Å². The monoisotopic (exact) mass is 263 g/mol. The quantitative estimate of drug-likeness (QED) is 0.843. The topological polar surface area (TPSA) is 52.3 Å². The Morgan fingerprint density at radius 1 is 1.85 bits per heavy atom. The molecule has 0 spiro atoms. The summed E-state index contributed by atoms with van der Waals surface area (Å²) in [6.07, 6.45) is 0.523. The van der Waals surface area contributed by atoms with E-state index in [1.807, 2.05) is 11.4 Å². The summed E-state index contributed by atoms with van der Waals surface area (Å²) < 4.78 is 5.56. The van der Waals surface area contributed by atoms with E-state index >= 15 is 0 Å². The van der Waals surface area contributed by atoms with Gasteiger partial charge in [-0.15, -0.1) is 11.3 Å². The van der Waals surface area contributed by atoms with Gasteiger partial charge >= 0.3 is 5.97 Å². The van der Waals surface area contributed by atoms with Crippen molar-refractivity contribution in [3.8, 4) is 0 Å². The summed E-state index contributed by atoms with van der Waals surface area (Å²) in [6.45, 7) is 0. The molecule has 1 rings (SSSR count). The van der Waals surface area contributed by atoms with Crippen LogP contribution in [0, 0.1) is 0 Å². The van der Waals surface area contributed by atoms with Gasteiger partial charge in [0.1, 0.15) is 6.04 Å². The molecule has 0 aromatic carbocycles. The highest BCUT2D eigenvalue weighted by Gasteiger charge is 2.14. The number of hydrogen-bond donors (Lipinski definition) is 1. The molecule has 1 atom stereocenters. The second-order valence-electron chi connectivity index (χ2n) is 2.59. The van der Waals surface area contributed by atoms with Crippen LogP contribution < -0.4 is 5.73 Å². The van der Waals surface area contributed by atoms with Crippen LogP contribution in [0.25, 0.3) is 0 Å². The smallest absolute Gasteiger partial charge is 0.322 e. The molecular formula is C8H10BrNO2S. The first kappa shape index (κ1) is 10.7. The molecule has 1 unspecified atom stereocenters. The van der Waals surface area contributed by atoms with E-state index in [4.69, 9.17) is 5.73 Å². The standard InChI is InChI=1S/C8H10BrNO2S/c1-12-8(11)6(10)2-5-3-7(9)13-4-5/h3-4,6H,2,10H2,1H3. The minimum absolute atomic E-state index is 0.373. The lowest BCUT2D eigenvalue weighted by molar-refractivity contribution is -0.142. The summed E-state index contributed by atoms with van der Waals surface area (Å²) in [5, 5.41) is 1.97. The summed E-state index contributed by atoms with van der Waals surface area (Å²) >= 11 is 4.91. The summed E-state index contributed by atoms with van der Waals surface area (Å²) in [4.78, 5) is 11.0. The van der Waals surface area contributed by atoms with Crippen LogP contribution in [-0.4, -0.2) is 19.1 Å². The zero-order valence-corrected chi connectivity index (χ0v) is 9.52. The number of thiophene rings is 1. The Labute approximate surface area is 89.0 Å². The third-order valence-corrected chi connectivity index (χ3v) is 3.13. The molecule has 1 aromatic heterocycles. The van der Waals surface area contributed by atoms with Crippen LogP contribution >= 0.6 is 27.3 Å². The lowest BCUT2D eigenvalue weighted by atomic mass is 10.1. The van der Waals surface area contributed by atoms with Crippen LogP contribution in [0.15, 0.2) is 15.2 Å². The first-order valence-electron chi connectivity index (χ1n) is 3.70. The maximum atomic E-state index is 11.0. The maximum Gasteiger partial charge on any atom is 0.322 e. The Balaban J connectivity index is 2.54. The van der Waals surface area contributed by atoms with Gasteiger partial charge in [0.15, 0.2) is 0 Å². The molecule has 5 heteroatoms. The molecular weight excluding hydrogens is 254 g/mol. The van der Waals surface area contributed by atoms with Crippen molar-refractivity contribution in [3.05, 3.63) is 20.8 Å². The highest BCUT2D eigenvalue weighted by Crippen LogP contribution is 2.21. The lowest BCUT2D eigenvalue weighted by Gasteiger charge is -2.06. The number of halogens is 1. The molecule has 0 saturated carbocycles. The van der Waals surface area contributed by atoms with Gasteiger partial charge in [0.25, 0.3) is 0 Å². The van der Waals surface area contributed by atoms with Crippen LogP contribution in [-0.2, 0) is 16.0 Å². The van der Waals surface area contributed by atoms with Crippen LogP contribution in [0.1, 0.15) is 5.56 Å². The Kier molecular flexibility index (Phi) is 3.90. The average molecular weight is 264 g/mol. The van der Waals surface area contributed by atoms with E-state index in [9.17, 15) is 4.79 Å². The fraction of sp³-hybridized carbons (Fsp3) is 0.375. The molecule has 2 N–H and O–H groups in total. The van der Waals surface area contributed by atoms with E-state index in [1.165, 1.54) is 7.11 Å². The zero-order chi connectivity index (χ0) is 9.84. The van der Waals surface area contributed by atoms with Crippen LogP contribution in [0.2, 0.25) is 0 Å². The molecule has 0 fully saturated rings. The molecule has 0 bridgehead atoms. The van der Waals surface area contributed by atoms with Gasteiger partial charge in [-0.05, 0) is 39.4 Å². The first-order chi connectivity index (χ1) is 6.13. The van der Waals surface area contributed by atoms with Gasteiger partial charge in [-0.2, -0.15) is 0 Å². The number of esters is 1. The number of hydrogen-bond acceptors (Lipinski definition) is 4. The second kappa shape index (κ2) is 4.74. The van der Waals surface area contributed by atoms with Gasteiger partial charge in [-0.25, -0.2) is 0 Å². The SMILES string of the molecule is COC(=O)C(N)Cc1csc(Br)c1. The number of ether oxygens (including phenoxy) is 1. The molecule has 0 aliphatic heterocycles. The van der Waals surface area contributed by atoms with Crippen LogP contribution in [0.5, 0.6) is 0 Å². The first-order valence-corrected chi connectivity index (χ1v) is 5.37.